The number of amides is 3. The van der Waals surface area contributed by atoms with Crippen molar-refractivity contribution in [3.05, 3.63) is 0 Å². The zero-order valence-electron chi connectivity index (χ0n) is 18.0. The molecule has 31 heavy (non-hydrogen) atoms. The molecule has 0 spiro atoms. The number of nitrogens with one attached hydrogen (secondary N) is 1. The largest absolute Gasteiger partial charge is 0.480 e. The fourth-order valence-electron chi connectivity index (χ4n) is 4.23. The Hall–Kier alpha value is -2.24. The van der Waals surface area contributed by atoms with E-state index in [1.165, 1.54) is 16.7 Å². The van der Waals surface area contributed by atoms with Gasteiger partial charge in [0.1, 0.15) is 18.1 Å². The molecule has 2 saturated heterocycles. The maximum Gasteiger partial charge on any atom is 0.326 e. The molecule has 2 heterocycles. The number of aliphatic hydroxyl groups excluding tert-OH is 1. The van der Waals surface area contributed by atoms with Crippen molar-refractivity contribution in [3.63, 3.8) is 0 Å². The summed E-state index contributed by atoms with van der Waals surface area (Å²) in [6.07, 6.45) is 2.57. The summed E-state index contributed by atoms with van der Waals surface area (Å²) in [6.45, 7) is 2.51. The molecule has 5 atom stereocenters. The number of aliphatic hydroxyl groups is 1. The lowest BCUT2D eigenvalue weighted by molar-refractivity contribution is -0.153. The number of carbonyl (C=O) groups excluding carboxylic acids is 3. The Morgan fingerprint density at radius 3 is 2.26 bits per heavy atom. The van der Waals surface area contributed by atoms with Crippen LogP contribution in [0, 0.1) is 0 Å². The first-order valence-electron chi connectivity index (χ1n) is 11.0. The molecule has 0 aromatic carbocycles. The van der Waals surface area contributed by atoms with Gasteiger partial charge in [0, 0.05) is 13.1 Å². The maximum atomic E-state index is 13.2. The average Bonchev–Trinajstić information content (AvgIpc) is 3.40. The van der Waals surface area contributed by atoms with E-state index in [4.69, 9.17) is 11.5 Å². The topological polar surface area (TPSA) is 179 Å². The van der Waals surface area contributed by atoms with Gasteiger partial charge in [0.25, 0.3) is 0 Å². The minimum absolute atomic E-state index is 0.294. The molecule has 0 aromatic heterocycles. The molecule has 11 nitrogen and oxygen atoms in total. The summed E-state index contributed by atoms with van der Waals surface area (Å²) in [4.78, 5) is 52.7. The number of hydrogen-bond acceptors (Lipinski definition) is 7. The maximum absolute atomic E-state index is 13.2. The van der Waals surface area contributed by atoms with Gasteiger partial charge in [0.05, 0.1) is 12.1 Å². The van der Waals surface area contributed by atoms with E-state index < -0.39 is 54.0 Å². The summed E-state index contributed by atoms with van der Waals surface area (Å²) in [5.74, 6) is -2.58. The Morgan fingerprint density at radius 2 is 1.68 bits per heavy atom. The standard InChI is InChI=1S/C20H35N5O6/c1-12(26)16(23-17(27)13(22)6-2-3-9-21)19(29)24-10-4-7-14(24)18(28)25-11-5-8-15(25)20(30)31/h12-16,26H,2-11,21-22H2,1H3,(H,23,27)(H,30,31). The molecule has 0 aliphatic carbocycles. The van der Waals surface area contributed by atoms with Crippen LogP contribution in [0.3, 0.4) is 0 Å². The highest BCUT2D eigenvalue weighted by Crippen LogP contribution is 2.25. The molecule has 5 unspecified atom stereocenters. The highest BCUT2D eigenvalue weighted by molar-refractivity contribution is 5.95. The zero-order valence-corrected chi connectivity index (χ0v) is 18.0. The van der Waals surface area contributed by atoms with Crippen molar-refractivity contribution in [2.24, 2.45) is 11.5 Å². The highest BCUT2D eigenvalue weighted by atomic mass is 16.4. The van der Waals surface area contributed by atoms with Gasteiger partial charge in [-0.15, -0.1) is 0 Å². The van der Waals surface area contributed by atoms with Crippen LogP contribution in [-0.4, -0.2) is 93.6 Å². The lowest BCUT2D eigenvalue weighted by Gasteiger charge is -2.33. The molecule has 2 rings (SSSR count). The Balaban J connectivity index is 2.07. The lowest BCUT2D eigenvalue weighted by Crippen LogP contribution is -2.59. The van der Waals surface area contributed by atoms with Gasteiger partial charge in [-0.25, -0.2) is 4.79 Å². The number of hydrogen-bond donors (Lipinski definition) is 5. The van der Waals surface area contributed by atoms with Crippen molar-refractivity contribution in [1.29, 1.82) is 0 Å². The Kier molecular flexibility index (Phi) is 9.20. The van der Waals surface area contributed by atoms with Gasteiger partial charge in [-0.1, -0.05) is 6.42 Å². The van der Waals surface area contributed by atoms with Crippen molar-refractivity contribution < 1.29 is 29.4 Å². The van der Waals surface area contributed by atoms with Crippen LogP contribution in [0.4, 0.5) is 0 Å². The minimum atomic E-state index is -1.24. The number of nitrogens with two attached hydrogens (primary N) is 2. The number of carboxylic acid groups (broad SMARTS) is 1. The van der Waals surface area contributed by atoms with Crippen LogP contribution in [0.2, 0.25) is 0 Å². The van der Waals surface area contributed by atoms with Gasteiger partial charge < -0.3 is 36.8 Å². The number of aliphatic carboxylic acids is 1. The van der Waals surface area contributed by atoms with E-state index in [1.54, 1.807) is 0 Å². The number of carboxylic acids is 1. The van der Waals surface area contributed by atoms with Gasteiger partial charge in [0.2, 0.25) is 17.7 Å². The Labute approximate surface area is 182 Å². The molecule has 0 bridgehead atoms. The second-order valence-electron chi connectivity index (χ2n) is 8.34. The van der Waals surface area contributed by atoms with E-state index in [0.717, 1.165) is 6.42 Å². The third-order valence-electron chi connectivity index (χ3n) is 5.99. The second kappa shape index (κ2) is 11.4. The normalized spacial score (nSPS) is 24.0. The number of rotatable bonds is 10. The molecule has 7 N–H and O–H groups in total. The summed E-state index contributed by atoms with van der Waals surface area (Å²) < 4.78 is 0. The summed E-state index contributed by atoms with van der Waals surface area (Å²) in [7, 11) is 0. The van der Waals surface area contributed by atoms with Gasteiger partial charge in [-0.3, -0.25) is 14.4 Å². The quantitative estimate of drug-likeness (QED) is 0.251. The summed E-state index contributed by atoms with van der Waals surface area (Å²) in [5.41, 5.74) is 11.3. The van der Waals surface area contributed by atoms with E-state index in [1.807, 2.05) is 0 Å². The fourth-order valence-corrected chi connectivity index (χ4v) is 4.23. The molecule has 176 valence electrons. The lowest BCUT2D eigenvalue weighted by atomic mass is 10.1. The number of unbranched alkanes of at least 4 members (excludes halogenated alkanes) is 1. The zero-order chi connectivity index (χ0) is 23.1. The van der Waals surface area contributed by atoms with Gasteiger partial charge in [-0.05, 0) is 52.0 Å². The first-order chi connectivity index (χ1) is 14.7. The summed E-state index contributed by atoms with van der Waals surface area (Å²) in [5, 5.41) is 22.0. The van der Waals surface area contributed by atoms with E-state index in [0.29, 0.717) is 58.2 Å². The molecule has 2 aliphatic rings. The molecule has 2 aliphatic heterocycles. The number of nitrogens with zero attached hydrogens (tertiary/aromatic N) is 2. The third kappa shape index (κ3) is 6.14. The fraction of sp³-hybridized carbons (Fsp3) is 0.800. The first kappa shape index (κ1) is 25.0. The molecule has 0 aromatic rings. The Bertz CT molecular complexity index is 672. The van der Waals surface area contributed by atoms with Crippen LogP contribution >= 0.6 is 0 Å². The third-order valence-corrected chi connectivity index (χ3v) is 5.99. The molecule has 2 fully saturated rings. The molecule has 0 radical (unpaired) electrons. The van der Waals surface area contributed by atoms with Crippen LogP contribution in [0.1, 0.15) is 51.9 Å². The highest BCUT2D eigenvalue weighted by Gasteiger charge is 2.44. The average molecular weight is 442 g/mol. The SMILES string of the molecule is CC(O)C(NC(=O)C(N)CCCCN)C(=O)N1CCCC1C(=O)N1CCCC1C(=O)O. The number of likely N-dealkylation sites (tertiary alicyclic amines) is 2. The van der Waals surface area contributed by atoms with E-state index in [9.17, 15) is 29.4 Å². The van der Waals surface area contributed by atoms with Crippen LogP contribution < -0.4 is 16.8 Å². The summed E-state index contributed by atoms with van der Waals surface area (Å²) >= 11 is 0. The monoisotopic (exact) mass is 441 g/mol. The van der Waals surface area contributed by atoms with Crippen molar-refractivity contribution in [1.82, 2.24) is 15.1 Å². The predicted octanol–water partition coefficient (Wildman–Crippen LogP) is -1.63. The van der Waals surface area contributed by atoms with Crippen molar-refractivity contribution >= 4 is 23.7 Å². The smallest absolute Gasteiger partial charge is 0.326 e. The number of carbonyl (C=O) groups is 4. The van der Waals surface area contributed by atoms with Crippen molar-refractivity contribution in [2.75, 3.05) is 19.6 Å². The second-order valence-corrected chi connectivity index (χ2v) is 8.34. The Morgan fingerprint density at radius 1 is 1.06 bits per heavy atom. The van der Waals surface area contributed by atoms with Crippen LogP contribution in [0.5, 0.6) is 0 Å². The van der Waals surface area contributed by atoms with E-state index in [2.05, 4.69) is 5.32 Å². The molecular weight excluding hydrogens is 406 g/mol. The predicted molar refractivity (Wildman–Crippen MR) is 112 cm³/mol. The van der Waals surface area contributed by atoms with Gasteiger partial charge in [0.15, 0.2) is 0 Å². The molecule has 3 amide bonds. The van der Waals surface area contributed by atoms with Gasteiger partial charge >= 0.3 is 5.97 Å². The first-order valence-corrected chi connectivity index (χ1v) is 11.0. The van der Waals surface area contributed by atoms with Gasteiger partial charge in [-0.2, -0.15) is 0 Å². The van der Waals surface area contributed by atoms with Crippen LogP contribution in [0.15, 0.2) is 0 Å². The van der Waals surface area contributed by atoms with E-state index >= 15 is 0 Å². The van der Waals surface area contributed by atoms with Crippen molar-refractivity contribution in [3.8, 4) is 0 Å². The molecule has 11 heteroatoms. The van der Waals surface area contributed by atoms with Crippen LogP contribution in [-0.2, 0) is 19.2 Å². The van der Waals surface area contributed by atoms with Crippen LogP contribution in [0.25, 0.3) is 0 Å². The summed E-state index contributed by atoms with van der Waals surface area (Å²) in [6, 6.07) is -3.76. The van der Waals surface area contributed by atoms with E-state index in [-0.39, 0.29) is 0 Å². The minimum Gasteiger partial charge on any atom is -0.480 e. The molecule has 0 saturated carbocycles. The molecular formula is C20H35N5O6. The van der Waals surface area contributed by atoms with Crippen molar-refractivity contribution in [2.45, 2.75) is 82.1 Å².